The van der Waals surface area contributed by atoms with E-state index in [2.05, 4.69) is 16.0 Å². The molecule has 2 aromatic rings. The minimum Gasteiger partial charge on any atom is -0.462 e. The fourth-order valence-corrected chi connectivity index (χ4v) is 12.3. The maximum Gasteiger partial charge on any atom is 0.328 e. The molecule has 0 aliphatic carbocycles. The van der Waals surface area contributed by atoms with E-state index in [1.807, 2.05) is 45.9 Å². The number of nitrogens with two attached hydrogens (primary N) is 1. The lowest BCUT2D eigenvalue weighted by atomic mass is 9.78. The average molecular weight is 1270 g/mol. The Morgan fingerprint density at radius 1 is 1.00 bits per heavy atom. The van der Waals surface area contributed by atoms with Crippen molar-refractivity contribution >= 4 is 93.6 Å². The summed E-state index contributed by atoms with van der Waals surface area (Å²) in [6, 6.07) is 4.73. The van der Waals surface area contributed by atoms with Gasteiger partial charge in [-0.05, 0) is 118 Å². The Kier molecular flexibility index (Phi) is 24.7. The van der Waals surface area contributed by atoms with Crippen molar-refractivity contribution in [3.63, 3.8) is 0 Å². The number of aliphatic hydroxyl groups is 1. The van der Waals surface area contributed by atoms with E-state index in [1.165, 1.54) is 68.3 Å². The number of primary amides is 1. The number of ether oxygens (including phenoxy) is 4. The van der Waals surface area contributed by atoms with Crippen molar-refractivity contribution < 1.29 is 72.0 Å². The van der Waals surface area contributed by atoms with Crippen LogP contribution in [0.2, 0.25) is 5.02 Å². The summed E-state index contributed by atoms with van der Waals surface area (Å²) in [6.07, 6.45) is 6.41. The largest absolute Gasteiger partial charge is 0.462 e. The minimum absolute atomic E-state index is 0.0224. The predicted molar refractivity (Wildman–Crippen MR) is 337 cm³/mol. The molecule has 4 aliphatic heterocycles. The number of epoxide rings is 1. The fraction of sp³-hybridized carbons (Fsp3) is 0.554. The van der Waals surface area contributed by atoms with Gasteiger partial charge in [0.25, 0.3) is 23.6 Å². The normalized spacial score (nSPS) is 24.7. The zero-order valence-corrected chi connectivity index (χ0v) is 54.3. The van der Waals surface area contributed by atoms with Crippen LogP contribution in [0, 0.1) is 24.7 Å². The third kappa shape index (κ3) is 18.0. The number of amides is 8. The van der Waals surface area contributed by atoms with Gasteiger partial charge in [-0.25, -0.2) is 9.59 Å². The lowest BCUT2D eigenvalue weighted by Crippen LogP contribution is -2.53. The molecule has 0 radical (unpaired) electrons. The summed E-state index contributed by atoms with van der Waals surface area (Å²) in [4.78, 5) is 139. The molecule has 22 nitrogen and oxygen atoms in total. The zero-order chi connectivity index (χ0) is 65.8. The smallest absolute Gasteiger partial charge is 0.328 e. The van der Waals surface area contributed by atoms with E-state index in [0.29, 0.717) is 59.8 Å². The molecule has 4 bridgehead atoms. The number of fused-ring (bicyclic) bond motifs is 5. The number of esters is 2. The number of aryl methyl sites for hydroxylation is 1. The number of Topliss-reactive ketones (excluding diaryl/α,β-unsaturated/α-hetero) is 1. The molecule has 2 saturated heterocycles. The van der Waals surface area contributed by atoms with Gasteiger partial charge in [0.05, 0.1) is 35.7 Å². The van der Waals surface area contributed by atoms with E-state index in [9.17, 15) is 53.1 Å². The highest BCUT2D eigenvalue weighted by Crippen LogP contribution is 2.50. The van der Waals surface area contributed by atoms with Crippen LogP contribution in [0.5, 0.6) is 0 Å². The highest BCUT2D eigenvalue weighted by Gasteiger charge is 2.64. The van der Waals surface area contributed by atoms with E-state index in [0.717, 1.165) is 16.0 Å². The first-order valence-corrected chi connectivity index (χ1v) is 31.0. The van der Waals surface area contributed by atoms with Crippen LogP contribution in [-0.4, -0.2) is 168 Å². The van der Waals surface area contributed by atoms with Gasteiger partial charge in [-0.3, -0.25) is 43.3 Å². The summed E-state index contributed by atoms with van der Waals surface area (Å²) in [5.41, 5.74) is 5.36. The number of likely N-dealkylation sites (N-methyl/N-ethyl adjacent to an activating group) is 1. The van der Waals surface area contributed by atoms with Crippen molar-refractivity contribution in [3.8, 4) is 0 Å². The van der Waals surface area contributed by atoms with E-state index in [4.69, 9.17) is 48.5 Å². The van der Waals surface area contributed by atoms with Gasteiger partial charge in [0.2, 0.25) is 11.8 Å². The van der Waals surface area contributed by atoms with Gasteiger partial charge in [-0.15, -0.1) is 0 Å². The number of halogens is 1. The number of carbonyl (C=O) groups excluding carboxylic acids is 10. The lowest BCUT2D eigenvalue weighted by Gasteiger charge is -2.41. The molecule has 4 aliphatic rings. The Labute approximate surface area is 531 Å². The molecule has 2 fully saturated rings. The maximum atomic E-state index is 14.5. The molecule has 4 heterocycles. The molecule has 8 amide bonds. The number of benzene rings is 2. The van der Waals surface area contributed by atoms with Crippen LogP contribution in [-0.2, 0) is 65.4 Å². The van der Waals surface area contributed by atoms with Gasteiger partial charge in [0.1, 0.15) is 35.6 Å². The maximum absolute atomic E-state index is 14.5. The average Bonchev–Trinajstić information content (AvgIpc) is 1.60. The summed E-state index contributed by atoms with van der Waals surface area (Å²) in [6.45, 7) is 12.8. The number of anilines is 1. The van der Waals surface area contributed by atoms with Crippen LogP contribution in [0.15, 0.2) is 66.3 Å². The van der Waals surface area contributed by atoms with Gasteiger partial charge in [0, 0.05) is 89.3 Å². The first kappa shape index (κ1) is 70.9. The van der Waals surface area contributed by atoms with Crippen LogP contribution in [0.4, 0.5) is 10.5 Å². The molecular weight excluding hydrogens is 1190 g/mol. The second kappa shape index (κ2) is 31.0. The topological polar surface area (TPSA) is 303 Å². The highest BCUT2D eigenvalue weighted by molar-refractivity contribution is 7.80. The lowest BCUT2D eigenvalue weighted by molar-refractivity contribution is -0.187. The quantitative estimate of drug-likeness (QED) is 0.0253. The summed E-state index contributed by atoms with van der Waals surface area (Å²) < 4.78 is 24.2. The standard InChI is InChI=1S/C65H86ClN7O15S/c1-36(2)45(32-44(89)18-13-12-14-26-73-53(75)23-24-54(73)76)60(80)70-47(19-16-25-69-63(67)83)49(74)31-42-21-22-43(30-46(42)59(79)68-8)61(81)71(9)40(6)62(82)87-52-33-55(77)72(10)48-29-41(28-38(4)57(48)66)27-37(3)17-15-20-51(85-11)65(84)34-50(86-56(78)35-65)39(5)58-64(52,7)88-58/h15,17,20-24,28-30,36,39-40,45,47,50-52,58,84H,12-14,16,18-19,25-27,31-35H2,1-11H3,(H,68,79)(H,70,80)(H3,67,69,83)/b20-15+,37-17+/t39-,40+,45+,47+,50+,51-,52+,58+,64+,65-/m1/s1. The number of allylic oxidation sites excluding steroid dienone is 3. The third-order valence-corrected chi connectivity index (χ3v) is 18.3. The number of unbranched alkanes of at least 4 members (excludes halogenated alkanes) is 2. The van der Waals surface area contributed by atoms with Gasteiger partial charge < -0.3 is 55.5 Å². The van der Waals surface area contributed by atoms with E-state index in [-0.39, 0.29) is 79.5 Å². The summed E-state index contributed by atoms with van der Waals surface area (Å²) in [5, 5.41) is 20.4. The monoisotopic (exact) mass is 1270 g/mol. The third-order valence-electron chi connectivity index (χ3n) is 17.4. The van der Waals surface area contributed by atoms with Crippen molar-refractivity contribution in [1.29, 1.82) is 0 Å². The number of rotatable bonds is 24. The van der Waals surface area contributed by atoms with Gasteiger partial charge in [-0.1, -0.05) is 86.9 Å². The van der Waals surface area contributed by atoms with E-state index < -0.39 is 113 Å². The van der Waals surface area contributed by atoms with Crippen LogP contribution in [0.1, 0.15) is 143 Å². The summed E-state index contributed by atoms with van der Waals surface area (Å²) in [5.74, 6) is -6.38. The second-order valence-corrected chi connectivity index (χ2v) is 25.4. The van der Waals surface area contributed by atoms with Crippen LogP contribution in [0.25, 0.3) is 0 Å². The van der Waals surface area contributed by atoms with Crippen LogP contribution < -0.4 is 26.6 Å². The summed E-state index contributed by atoms with van der Waals surface area (Å²) >= 11 is 12.6. The van der Waals surface area contributed by atoms with Crippen LogP contribution >= 0.6 is 23.8 Å². The number of nitrogens with one attached hydrogen (secondary N) is 3. The number of hydrogen-bond donors (Lipinski definition) is 5. The number of imide groups is 1. The molecule has 0 spiro atoms. The van der Waals surface area contributed by atoms with E-state index in [1.54, 1.807) is 33.0 Å². The van der Waals surface area contributed by atoms with Crippen molar-refractivity contribution in [1.82, 2.24) is 25.8 Å². The molecule has 0 aromatic heterocycles. The molecule has 10 atom stereocenters. The molecule has 6 rings (SSSR count). The Hall–Kier alpha value is -7.18. The Bertz CT molecular complexity index is 3150. The van der Waals surface area contributed by atoms with Crippen molar-refractivity contribution in [2.45, 2.75) is 173 Å². The highest BCUT2D eigenvalue weighted by atomic mass is 35.5. The molecule has 89 heavy (non-hydrogen) atoms. The van der Waals surface area contributed by atoms with Gasteiger partial charge in [-0.2, -0.15) is 0 Å². The molecule has 2 aromatic carbocycles. The SMILES string of the molecule is CNC(=O)c1cc(C(=O)N(C)[C@@H](C)C(=O)O[C@H]2CC(=O)N(C)c3cc(cc(C)c3Cl)C/C(C)=C/C=C/[C@@H](OC)[C@]3(O)CC(=O)O[C@@H](C3)[C@@H](C)[C@@H]3O[C@@]23C)ccc1CC(=O)[C@H](CCCNC(N)=O)NC(=O)[C@@H](CC(=S)CCCCCN1C(=O)C=CC1=O)C(C)C. The fourth-order valence-electron chi connectivity index (χ4n) is 11.7. The molecule has 6 N–H and O–H groups in total. The van der Waals surface area contributed by atoms with E-state index >= 15 is 0 Å². The predicted octanol–water partition coefficient (Wildman–Crippen LogP) is 6.30. The van der Waals surface area contributed by atoms with Crippen LogP contribution in [0.3, 0.4) is 0 Å². The minimum atomic E-state index is -1.66. The molecular formula is C65H86ClN7O15S. The first-order chi connectivity index (χ1) is 41.9. The Balaban J connectivity index is 1.20. The summed E-state index contributed by atoms with van der Waals surface area (Å²) in [7, 11) is 5.76. The first-order valence-electron chi connectivity index (χ1n) is 30.2. The number of thiocarbonyl (C=S) groups is 1. The number of carbonyl (C=O) groups is 10. The number of methoxy groups -OCH3 is 1. The van der Waals surface area contributed by atoms with Crippen molar-refractivity contribution in [2.75, 3.05) is 46.2 Å². The Morgan fingerprint density at radius 2 is 1.70 bits per heavy atom. The molecule has 0 unspecified atom stereocenters. The second-order valence-electron chi connectivity index (χ2n) is 24.4. The Morgan fingerprint density at radius 3 is 2.35 bits per heavy atom. The number of urea groups is 1. The number of hydrogen-bond acceptors (Lipinski definition) is 16. The van der Waals surface area contributed by atoms with Crippen molar-refractivity contribution in [3.05, 3.63) is 99.1 Å². The zero-order valence-electron chi connectivity index (χ0n) is 52.7. The number of ketones is 1. The van der Waals surface area contributed by atoms with Crippen molar-refractivity contribution in [2.24, 2.45) is 23.5 Å². The number of nitrogens with zero attached hydrogens (tertiary/aromatic N) is 3. The van der Waals surface area contributed by atoms with Gasteiger partial charge in [0.15, 0.2) is 5.78 Å². The molecule has 24 heteroatoms. The van der Waals surface area contributed by atoms with Gasteiger partial charge >= 0.3 is 18.0 Å². The molecule has 484 valence electrons. The molecule has 0 saturated carbocycles.